The molecule has 2 rings (SSSR count). The fraction of sp³-hybridized carbons (Fsp3) is 0.231. The average Bonchev–Trinajstić information content (AvgIpc) is 2.75. The van der Waals surface area contributed by atoms with Gasteiger partial charge < -0.3 is 5.32 Å². The van der Waals surface area contributed by atoms with Crippen molar-refractivity contribution in [1.82, 2.24) is 5.32 Å². The first-order valence-electron chi connectivity index (χ1n) is 5.47. The van der Waals surface area contributed by atoms with Crippen LogP contribution in [0.25, 0.3) is 0 Å². The van der Waals surface area contributed by atoms with Crippen LogP contribution in [0.1, 0.15) is 24.1 Å². The molecule has 1 aromatic heterocycles. The third-order valence-corrected chi connectivity index (χ3v) is 4.23. The molecule has 0 amide bonds. The number of thiophene rings is 1. The van der Waals surface area contributed by atoms with Crippen LogP contribution in [-0.4, -0.2) is 0 Å². The molecule has 0 saturated heterocycles. The van der Waals surface area contributed by atoms with Gasteiger partial charge in [-0.15, -0.1) is 11.3 Å². The van der Waals surface area contributed by atoms with Gasteiger partial charge in [-0.3, -0.25) is 0 Å². The van der Waals surface area contributed by atoms with Crippen molar-refractivity contribution in [3.63, 3.8) is 0 Å². The van der Waals surface area contributed by atoms with Crippen molar-refractivity contribution in [3.8, 4) is 0 Å². The molecule has 1 heterocycles. The fourth-order valence-corrected chi connectivity index (χ4v) is 2.82. The highest BCUT2D eigenvalue weighted by Crippen LogP contribution is 2.22. The summed E-state index contributed by atoms with van der Waals surface area (Å²) >= 11 is 5.02. The van der Waals surface area contributed by atoms with Crippen LogP contribution in [0, 0.1) is 11.6 Å². The van der Waals surface area contributed by atoms with E-state index in [2.05, 4.69) is 26.6 Å². The second kappa shape index (κ2) is 5.91. The van der Waals surface area contributed by atoms with Gasteiger partial charge in [-0.25, -0.2) is 8.78 Å². The maximum atomic E-state index is 13.1. The second-order valence-electron chi connectivity index (χ2n) is 4.04. The number of nitrogens with one attached hydrogen (secondary N) is 1. The Morgan fingerprint density at radius 1 is 1.28 bits per heavy atom. The van der Waals surface area contributed by atoms with E-state index < -0.39 is 11.6 Å². The third kappa shape index (κ3) is 3.37. The molecule has 1 aromatic carbocycles. The standard InChI is InChI=1S/C13H12BrF2NS/c1-8(10-2-3-11(15)12(16)5-10)17-6-9-4-13(14)18-7-9/h2-5,7-8,17H,6H2,1H3. The van der Waals surface area contributed by atoms with E-state index in [-0.39, 0.29) is 6.04 Å². The van der Waals surface area contributed by atoms with Gasteiger partial charge in [-0.1, -0.05) is 6.07 Å². The van der Waals surface area contributed by atoms with Crippen LogP contribution in [0.15, 0.2) is 33.4 Å². The Balaban J connectivity index is 1.99. The summed E-state index contributed by atoms with van der Waals surface area (Å²) in [5.74, 6) is -1.62. The van der Waals surface area contributed by atoms with Crippen molar-refractivity contribution < 1.29 is 8.78 Å². The number of halogens is 3. The summed E-state index contributed by atoms with van der Waals surface area (Å²) in [6.45, 7) is 2.62. The Labute approximate surface area is 117 Å². The number of rotatable bonds is 4. The first-order chi connectivity index (χ1) is 8.56. The minimum Gasteiger partial charge on any atom is -0.306 e. The van der Waals surface area contributed by atoms with Crippen LogP contribution >= 0.6 is 27.3 Å². The van der Waals surface area contributed by atoms with Crippen LogP contribution in [0.5, 0.6) is 0 Å². The molecule has 0 radical (unpaired) electrons. The van der Waals surface area contributed by atoms with E-state index in [4.69, 9.17) is 0 Å². The summed E-state index contributed by atoms with van der Waals surface area (Å²) in [7, 11) is 0. The SMILES string of the molecule is CC(NCc1csc(Br)c1)c1ccc(F)c(F)c1. The lowest BCUT2D eigenvalue weighted by Gasteiger charge is -2.13. The van der Waals surface area contributed by atoms with E-state index >= 15 is 0 Å². The van der Waals surface area contributed by atoms with Crippen LogP contribution in [-0.2, 0) is 6.54 Å². The molecule has 0 aliphatic heterocycles. The summed E-state index contributed by atoms with van der Waals surface area (Å²) in [5, 5.41) is 5.32. The van der Waals surface area contributed by atoms with Gasteiger partial charge in [-0.2, -0.15) is 0 Å². The van der Waals surface area contributed by atoms with Gasteiger partial charge in [0.15, 0.2) is 11.6 Å². The lowest BCUT2D eigenvalue weighted by Crippen LogP contribution is -2.17. The number of hydrogen-bond acceptors (Lipinski definition) is 2. The van der Waals surface area contributed by atoms with Crippen LogP contribution in [0.2, 0.25) is 0 Å². The van der Waals surface area contributed by atoms with Crippen molar-refractivity contribution in [2.75, 3.05) is 0 Å². The maximum Gasteiger partial charge on any atom is 0.159 e. The lowest BCUT2D eigenvalue weighted by molar-refractivity contribution is 0.500. The van der Waals surface area contributed by atoms with Gasteiger partial charge in [-0.05, 0) is 57.6 Å². The molecule has 0 fully saturated rings. The molecule has 0 aliphatic carbocycles. The molecule has 1 N–H and O–H groups in total. The van der Waals surface area contributed by atoms with Gasteiger partial charge >= 0.3 is 0 Å². The van der Waals surface area contributed by atoms with Crippen LogP contribution in [0.3, 0.4) is 0 Å². The predicted molar refractivity (Wildman–Crippen MR) is 73.6 cm³/mol. The fourth-order valence-electron chi connectivity index (χ4n) is 1.61. The van der Waals surface area contributed by atoms with Crippen molar-refractivity contribution in [2.24, 2.45) is 0 Å². The van der Waals surface area contributed by atoms with Gasteiger partial charge in [0.05, 0.1) is 3.79 Å². The molecule has 0 saturated carbocycles. The summed E-state index contributed by atoms with van der Waals surface area (Å²) in [5.41, 5.74) is 1.91. The summed E-state index contributed by atoms with van der Waals surface area (Å²) in [4.78, 5) is 0. The molecular formula is C13H12BrF2NS. The number of benzene rings is 1. The van der Waals surface area contributed by atoms with Gasteiger partial charge in [0, 0.05) is 12.6 Å². The quantitative estimate of drug-likeness (QED) is 0.860. The van der Waals surface area contributed by atoms with E-state index in [1.54, 1.807) is 17.4 Å². The number of hydrogen-bond donors (Lipinski definition) is 1. The Bertz CT molecular complexity index is 542. The monoisotopic (exact) mass is 331 g/mol. The highest BCUT2D eigenvalue weighted by atomic mass is 79.9. The first kappa shape index (κ1) is 13.6. The minimum atomic E-state index is -0.812. The molecule has 0 spiro atoms. The molecule has 0 bridgehead atoms. The van der Waals surface area contributed by atoms with Crippen molar-refractivity contribution >= 4 is 27.3 Å². The first-order valence-corrected chi connectivity index (χ1v) is 7.15. The molecule has 1 nitrogen and oxygen atoms in total. The van der Waals surface area contributed by atoms with Gasteiger partial charge in [0.1, 0.15) is 0 Å². The zero-order valence-corrected chi connectivity index (χ0v) is 12.1. The summed E-state index contributed by atoms with van der Waals surface area (Å²) in [6.07, 6.45) is 0. The van der Waals surface area contributed by atoms with Crippen LogP contribution < -0.4 is 5.32 Å². The average molecular weight is 332 g/mol. The third-order valence-electron chi connectivity index (χ3n) is 2.68. The second-order valence-corrected chi connectivity index (χ2v) is 6.33. The summed E-state index contributed by atoms with van der Waals surface area (Å²) < 4.78 is 27.0. The molecule has 96 valence electrons. The normalized spacial score (nSPS) is 12.7. The van der Waals surface area contributed by atoms with E-state index in [0.29, 0.717) is 6.54 Å². The smallest absolute Gasteiger partial charge is 0.159 e. The van der Waals surface area contributed by atoms with E-state index in [0.717, 1.165) is 15.4 Å². The molecular weight excluding hydrogens is 320 g/mol. The Morgan fingerprint density at radius 2 is 2.06 bits per heavy atom. The Hall–Kier alpha value is -0.780. The topological polar surface area (TPSA) is 12.0 Å². The van der Waals surface area contributed by atoms with Crippen LogP contribution in [0.4, 0.5) is 8.78 Å². The highest BCUT2D eigenvalue weighted by molar-refractivity contribution is 9.11. The van der Waals surface area contributed by atoms with E-state index in [1.807, 2.05) is 13.0 Å². The van der Waals surface area contributed by atoms with E-state index in [9.17, 15) is 8.78 Å². The van der Waals surface area contributed by atoms with Crippen molar-refractivity contribution in [1.29, 1.82) is 0 Å². The molecule has 1 atom stereocenters. The molecule has 1 unspecified atom stereocenters. The Morgan fingerprint density at radius 3 is 2.67 bits per heavy atom. The van der Waals surface area contributed by atoms with E-state index in [1.165, 1.54) is 11.6 Å². The minimum absolute atomic E-state index is 0.0289. The highest BCUT2D eigenvalue weighted by Gasteiger charge is 2.09. The van der Waals surface area contributed by atoms with Crippen molar-refractivity contribution in [2.45, 2.75) is 19.5 Å². The van der Waals surface area contributed by atoms with Crippen molar-refractivity contribution in [3.05, 3.63) is 56.2 Å². The summed E-state index contributed by atoms with van der Waals surface area (Å²) in [6, 6.07) is 5.99. The zero-order chi connectivity index (χ0) is 13.1. The predicted octanol–water partition coefficient (Wildman–Crippen LogP) is 4.64. The molecule has 0 aliphatic rings. The lowest BCUT2D eigenvalue weighted by atomic mass is 10.1. The van der Waals surface area contributed by atoms with Gasteiger partial charge in [0.25, 0.3) is 0 Å². The Kier molecular flexibility index (Phi) is 4.48. The molecule has 5 heteroatoms. The molecule has 18 heavy (non-hydrogen) atoms. The maximum absolute atomic E-state index is 13.1. The molecule has 2 aromatic rings. The largest absolute Gasteiger partial charge is 0.306 e. The zero-order valence-electron chi connectivity index (χ0n) is 9.71. The van der Waals surface area contributed by atoms with Gasteiger partial charge in [0.2, 0.25) is 0 Å².